The molecule has 14 heavy (non-hydrogen) atoms. The van der Waals surface area contributed by atoms with Gasteiger partial charge in [-0.15, -0.1) is 0 Å². The number of carbonyl (C=O) groups is 1. The second-order valence-electron chi connectivity index (χ2n) is 2.78. The number of carboxylic acids is 1. The molecule has 0 aliphatic heterocycles. The van der Waals surface area contributed by atoms with Gasteiger partial charge in [0.1, 0.15) is 6.04 Å². The molecule has 76 valence electrons. The van der Waals surface area contributed by atoms with Gasteiger partial charge in [0.05, 0.1) is 0 Å². The molecule has 1 aromatic rings. The SMILES string of the molecule is NCC(Nc1ccc(I)cc1)C(=O)O. The van der Waals surface area contributed by atoms with E-state index in [4.69, 9.17) is 10.8 Å². The van der Waals surface area contributed by atoms with Crippen molar-refractivity contribution in [2.24, 2.45) is 5.73 Å². The fourth-order valence-electron chi connectivity index (χ4n) is 0.969. The van der Waals surface area contributed by atoms with Crippen LogP contribution < -0.4 is 11.1 Å². The van der Waals surface area contributed by atoms with Crippen LogP contribution in [-0.4, -0.2) is 23.7 Å². The topological polar surface area (TPSA) is 75.3 Å². The van der Waals surface area contributed by atoms with Crippen molar-refractivity contribution in [1.29, 1.82) is 0 Å². The van der Waals surface area contributed by atoms with E-state index >= 15 is 0 Å². The Hall–Kier alpha value is -0.820. The molecule has 0 amide bonds. The second-order valence-corrected chi connectivity index (χ2v) is 4.02. The predicted octanol–water partition coefficient (Wildman–Crippen LogP) is 1.11. The molecule has 5 heteroatoms. The van der Waals surface area contributed by atoms with E-state index in [2.05, 4.69) is 27.9 Å². The summed E-state index contributed by atoms with van der Waals surface area (Å²) in [5, 5.41) is 11.6. The monoisotopic (exact) mass is 306 g/mol. The quantitative estimate of drug-likeness (QED) is 0.729. The van der Waals surface area contributed by atoms with Crippen molar-refractivity contribution in [2.75, 3.05) is 11.9 Å². The summed E-state index contributed by atoms with van der Waals surface area (Å²) in [5.74, 6) is -0.939. The van der Waals surface area contributed by atoms with E-state index in [0.717, 1.165) is 9.26 Å². The van der Waals surface area contributed by atoms with E-state index in [1.807, 2.05) is 24.3 Å². The zero-order valence-electron chi connectivity index (χ0n) is 7.40. The van der Waals surface area contributed by atoms with Crippen LogP contribution in [-0.2, 0) is 4.79 Å². The first kappa shape index (κ1) is 11.3. The Morgan fingerprint density at radius 1 is 1.50 bits per heavy atom. The van der Waals surface area contributed by atoms with E-state index in [1.54, 1.807) is 0 Å². The Morgan fingerprint density at radius 2 is 2.07 bits per heavy atom. The van der Waals surface area contributed by atoms with Crippen molar-refractivity contribution in [2.45, 2.75) is 6.04 Å². The average molecular weight is 306 g/mol. The molecule has 4 nitrogen and oxygen atoms in total. The van der Waals surface area contributed by atoms with Crippen LogP contribution in [0.5, 0.6) is 0 Å². The van der Waals surface area contributed by atoms with Crippen molar-refractivity contribution in [1.82, 2.24) is 0 Å². The van der Waals surface area contributed by atoms with E-state index in [9.17, 15) is 4.79 Å². The van der Waals surface area contributed by atoms with E-state index in [0.29, 0.717) is 0 Å². The third kappa shape index (κ3) is 3.15. The van der Waals surface area contributed by atoms with Gasteiger partial charge in [0, 0.05) is 15.8 Å². The van der Waals surface area contributed by atoms with Gasteiger partial charge in [-0.1, -0.05) is 0 Å². The highest BCUT2D eigenvalue weighted by Crippen LogP contribution is 2.11. The normalized spacial score (nSPS) is 12.1. The summed E-state index contributed by atoms with van der Waals surface area (Å²) < 4.78 is 1.10. The van der Waals surface area contributed by atoms with Gasteiger partial charge in [-0.2, -0.15) is 0 Å². The van der Waals surface area contributed by atoms with Crippen LogP contribution in [0.4, 0.5) is 5.69 Å². The van der Waals surface area contributed by atoms with Crippen molar-refractivity contribution in [3.8, 4) is 0 Å². The average Bonchev–Trinajstić information content (AvgIpc) is 2.16. The van der Waals surface area contributed by atoms with Gasteiger partial charge in [-0.25, -0.2) is 4.79 Å². The minimum atomic E-state index is -0.939. The Morgan fingerprint density at radius 3 is 2.50 bits per heavy atom. The number of rotatable bonds is 4. The summed E-state index contributed by atoms with van der Waals surface area (Å²) >= 11 is 2.18. The summed E-state index contributed by atoms with van der Waals surface area (Å²) in [5.41, 5.74) is 6.07. The van der Waals surface area contributed by atoms with E-state index in [1.165, 1.54) is 0 Å². The molecule has 1 atom stereocenters. The van der Waals surface area contributed by atoms with Crippen LogP contribution in [0, 0.1) is 3.57 Å². The van der Waals surface area contributed by atoms with Crippen molar-refractivity contribution >= 4 is 34.2 Å². The lowest BCUT2D eigenvalue weighted by Crippen LogP contribution is -2.36. The summed E-state index contributed by atoms with van der Waals surface area (Å²) in [6, 6.07) is 6.73. The number of hydrogen-bond acceptors (Lipinski definition) is 3. The van der Waals surface area contributed by atoms with Crippen LogP contribution in [0.3, 0.4) is 0 Å². The Labute approximate surface area is 95.6 Å². The zero-order chi connectivity index (χ0) is 10.6. The summed E-state index contributed by atoms with van der Waals surface area (Å²) in [6.45, 7) is 0.0708. The first-order valence-electron chi connectivity index (χ1n) is 4.08. The summed E-state index contributed by atoms with van der Waals surface area (Å²) in [6.07, 6.45) is 0. The van der Waals surface area contributed by atoms with Gasteiger partial charge in [-0.05, 0) is 46.9 Å². The number of anilines is 1. The molecule has 1 unspecified atom stereocenters. The minimum absolute atomic E-state index is 0.0708. The molecule has 0 aliphatic rings. The second kappa shape index (κ2) is 5.16. The lowest BCUT2D eigenvalue weighted by atomic mass is 10.2. The van der Waals surface area contributed by atoms with Gasteiger partial charge in [0.15, 0.2) is 0 Å². The van der Waals surface area contributed by atoms with Crippen LogP contribution in [0.1, 0.15) is 0 Å². The maximum Gasteiger partial charge on any atom is 0.327 e. The molecular weight excluding hydrogens is 295 g/mol. The molecule has 0 spiro atoms. The molecule has 1 aromatic carbocycles. The molecule has 0 aliphatic carbocycles. The number of aliphatic carboxylic acids is 1. The van der Waals surface area contributed by atoms with Crippen LogP contribution in [0.15, 0.2) is 24.3 Å². The molecule has 1 rings (SSSR count). The number of nitrogens with one attached hydrogen (secondary N) is 1. The van der Waals surface area contributed by atoms with Crippen molar-refractivity contribution in [3.05, 3.63) is 27.8 Å². The smallest absolute Gasteiger partial charge is 0.327 e. The highest BCUT2D eigenvalue weighted by Gasteiger charge is 2.14. The Kier molecular flexibility index (Phi) is 4.15. The third-order valence-electron chi connectivity index (χ3n) is 1.72. The molecule has 0 aromatic heterocycles. The third-order valence-corrected chi connectivity index (χ3v) is 2.44. The maximum atomic E-state index is 10.7. The number of halogens is 1. The van der Waals surface area contributed by atoms with Crippen LogP contribution >= 0.6 is 22.6 Å². The van der Waals surface area contributed by atoms with E-state index < -0.39 is 12.0 Å². The first-order valence-corrected chi connectivity index (χ1v) is 5.16. The Bertz CT molecular complexity index is 313. The molecule has 0 radical (unpaired) electrons. The predicted molar refractivity (Wildman–Crippen MR) is 63.3 cm³/mol. The highest BCUT2D eigenvalue weighted by molar-refractivity contribution is 14.1. The van der Waals surface area contributed by atoms with Crippen molar-refractivity contribution < 1.29 is 9.90 Å². The van der Waals surface area contributed by atoms with Gasteiger partial charge >= 0.3 is 5.97 Å². The first-order chi connectivity index (χ1) is 6.63. The lowest BCUT2D eigenvalue weighted by Gasteiger charge is -2.13. The zero-order valence-corrected chi connectivity index (χ0v) is 9.56. The van der Waals surface area contributed by atoms with Crippen molar-refractivity contribution in [3.63, 3.8) is 0 Å². The van der Waals surface area contributed by atoms with Crippen LogP contribution in [0.2, 0.25) is 0 Å². The molecule has 0 bridgehead atoms. The molecule has 0 saturated heterocycles. The van der Waals surface area contributed by atoms with Crippen LogP contribution in [0.25, 0.3) is 0 Å². The standard InChI is InChI=1S/C9H11IN2O2/c10-6-1-3-7(4-2-6)12-8(5-11)9(13)14/h1-4,8,12H,5,11H2,(H,13,14). The fraction of sp³-hybridized carbons (Fsp3) is 0.222. The number of hydrogen-bond donors (Lipinski definition) is 3. The van der Waals surface area contributed by atoms with E-state index in [-0.39, 0.29) is 6.54 Å². The fourth-order valence-corrected chi connectivity index (χ4v) is 1.33. The van der Waals surface area contributed by atoms with Gasteiger partial charge < -0.3 is 16.2 Å². The highest BCUT2D eigenvalue weighted by atomic mass is 127. The largest absolute Gasteiger partial charge is 0.480 e. The lowest BCUT2D eigenvalue weighted by molar-refractivity contribution is -0.137. The Balaban J connectivity index is 2.67. The van der Waals surface area contributed by atoms with Gasteiger partial charge in [0.25, 0.3) is 0 Å². The van der Waals surface area contributed by atoms with Gasteiger partial charge in [-0.3, -0.25) is 0 Å². The molecular formula is C9H11IN2O2. The molecule has 0 saturated carbocycles. The number of nitrogens with two attached hydrogens (primary N) is 1. The molecule has 4 N–H and O–H groups in total. The number of benzene rings is 1. The molecule has 0 heterocycles. The van der Waals surface area contributed by atoms with Gasteiger partial charge in [0.2, 0.25) is 0 Å². The minimum Gasteiger partial charge on any atom is -0.480 e. The summed E-state index contributed by atoms with van der Waals surface area (Å²) in [7, 11) is 0. The maximum absolute atomic E-state index is 10.7. The summed E-state index contributed by atoms with van der Waals surface area (Å²) in [4.78, 5) is 10.7. The number of carboxylic acid groups (broad SMARTS) is 1. The molecule has 0 fully saturated rings.